The smallest absolute Gasteiger partial charge is 0.127 e. The van der Waals surface area contributed by atoms with Gasteiger partial charge in [-0.2, -0.15) is 5.10 Å². The van der Waals surface area contributed by atoms with Gasteiger partial charge in [-0.3, -0.25) is 0 Å². The number of hydrogen-bond acceptors (Lipinski definition) is 3. The fourth-order valence-corrected chi connectivity index (χ4v) is 2.23. The van der Waals surface area contributed by atoms with E-state index in [0.717, 1.165) is 22.6 Å². The predicted molar refractivity (Wildman–Crippen MR) is 77.5 cm³/mol. The molecule has 0 aliphatic heterocycles. The Morgan fingerprint density at radius 1 is 1.40 bits per heavy atom. The van der Waals surface area contributed by atoms with Crippen LogP contribution in [0.4, 0.5) is 10.2 Å². The van der Waals surface area contributed by atoms with Crippen molar-refractivity contribution in [3.63, 3.8) is 0 Å². The van der Waals surface area contributed by atoms with Gasteiger partial charge in [-0.15, -0.1) is 0 Å². The first-order chi connectivity index (χ1) is 9.52. The fourth-order valence-electron chi connectivity index (χ4n) is 2.00. The number of anilines is 1. The Morgan fingerprint density at radius 3 is 2.80 bits per heavy atom. The third kappa shape index (κ3) is 3.11. The summed E-state index contributed by atoms with van der Waals surface area (Å²) in [5.74, 6) is 0.494. The molecular weight excluding hydrogens is 281 g/mol. The molecule has 2 aromatic rings. The van der Waals surface area contributed by atoms with Crippen LogP contribution < -0.4 is 5.32 Å². The Labute approximate surface area is 122 Å². The standard InChI is InChI=1S/C14H17ClFN3O/c1-9-10(2)18-19(5-6-20)14(9)17-8-11-3-4-12(16)7-13(11)15/h3-4,7,17,20H,5-6,8H2,1-2H3. The summed E-state index contributed by atoms with van der Waals surface area (Å²) in [6.07, 6.45) is 0. The fraction of sp³-hybridized carbons (Fsp3) is 0.357. The van der Waals surface area contributed by atoms with Crippen molar-refractivity contribution < 1.29 is 9.50 Å². The number of rotatable bonds is 5. The molecule has 2 N–H and O–H groups in total. The lowest BCUT2D eigenvalue weighted by molar-refractivity contribution is 0.270. The molecule has 0 radical (unpaired) electrons. The molecule has 0 aliphatic rings. The summed E-state index contributed by atoms with van der Waals surface area (Å²) >= 11 is 6.00. The van der Waals surface area contributed by atoms with Crippen LogP contribution in [0.5, 0.6) is 0 Å². The van der Waals surface area contributed by atoms with E-state index in [0.29, 0.717) is 18.1 Å². The zero-order chi connectivity index (χ0) is 14.7. The Balaban J connectivity index is 2.18. The van der Waals surface area contributed by atoms with E-state index in [4.69, 9.17) is 16.7 Å². The maximum atomic E-state index is 13.0. The molecule has 0 bridgehead atoms. The van der Waals surface area contributed by atoms with Gasteiger partial charge in [0.1, 0.15) is 11.6 Å². The number of halogens is 2. The Morgan fingerprint density at radius 2 is 2.15 bits per heavy atom. The number of aryl methyl sites for hydroxylation is 1. The molecule has 0 amide bonds. The second-order valence-electron chi connectivity index (χ2n) is 4.60. The summed E-state index contributed by atoms with van der Waals surface area (Å²) in [6, 6.07) is 4.33. The normalized spacial score (nSPS) is 10.8. The van der Waals surface area contributed by atoms with Crippen LogP contribution in [0, 0.1) is 19.7 Å². The Kier molecular flexibility index (Phi) is 4.62. The van der Waals surface area contributed by atoms with Gasteiger partial charge in [-0.05, 0) is 31.5 Å². The summed E-state index contributed by atoms with van der Waals surface area (Å²) in [5, 5.41) is 17.0. The number of nitrogens with zero attached hydrogens (tertiary/aromatic N) is 2. The molecule has 1 aromatic carbocycles. The lowest BCUT2D eigenvalue weighted by Crippen LogP contribution is -2.11. The second-order valence-corrected chi connectivity index (χ2v) is 5.00. The number of aliphatic hydroxyl groups excluding tert-OH is 1. The monoisotopic (exact) mass is 297 g/mol. The number of aromatic nitrogens is 2. The summed E-state index contributed by atoms with van der Waals surface area (Å²) < 4.78 is 14.7. The molecule has 20 heavy (non-hydrogen) atoms. The summed E-state index contributed by atoms with van der Waals surface area (Å²) in [7, 11) is 0. The highest BCUT2D eigenvalue weighted by Gasteiger charge is 2.11. The van der Waals surface area contributed by atoms with Crippen molar-refractivity contribution in [2.75, 3.05) is 11.9 Å². The van der Waals surface area contributed by atoms with Gasteiger partial charge in [0.2, 0.25) is 0 Å². The van der Waals surface area contributed by atoms with Gasteiger partial charge in [0, 0.05) is 17.1 Å². The molecule has 1 heterocycles. The van der Waals surface area contributed by atoms with E-state index in [1.54, 1.807) is 10.7 Å². The van der Waals surface area contributed by atoms with Crippen LogP contribution in [0.15, 0.2) is 18.2 Å². The third-order valence-electron chi connectivity index (χ3n) is 3.20. The van der Waals surface area contributed by atoms with Gasteiger partial charge in [-0.25, -0.2) is 9.07 Å². The molecule has 0 spiro atoms. The van der Waals surface area contributed by atoms with Crippen molar-refractivity contribution in [1.29, 1.82) is 0 Å². The largest absolute Gasteiger partial charge is 0.394 e. The topological polar surface area (TPSA) is 50.1 Å². The van der Waals surface area contributed by atoms with Crippen LogP contribution in [0.1, 0.15) is 16.8 Å². The lowest BCUT2D eigenvalue weighted by atomic mass is 10.2. The second kappa shape index (κ2) is 6.24. The molecule has 0 unspecified atom stereocenters. The van der Waals surface area contributed by atoms with E-state index in [1.165, 1.54) is 12.1 Å². The Hall–Kier alpha value is -1.59. The molecule has 0 saturated heterocycles. The molecule has 0 atom stereocenters. The molecule has 0 fully saturated rings. The first-order valence-electron chi connectivity index (χ1n) is 6.35. The summed E-state index contributed by atoms with van der Waals surface area (Å²) in [5.41, 5.74) is 2.74. The minimum atomic E-state index is -0.351. The van der Waals surface area contributed by atoms with E-state index in [1.807, 2.05) is 13.8 Å². The predicted octanol–water partition coefficient (Wildman–Crippen LogP) is 2.90. The van der Waals surface area contributed by atoms with Gasteiger partial charge in [0.05, 0.1) is 18.8 Å². The zero-order valence-electron chi connectivity index (χ0n) is 11.5. The van der Waals surface area contributed by atoms with E-state index in [2.05, 4.69) is 10.4 Å². The van der Waals surface area contributed by atoms with Crippen molar-refractivity contribution in [3.05, 3.63) is 45.9 Å². The quantitative estimate of drug-likeness (QED) is 0.892. The minimum absolute atomic E-state index is 0.0204. The summed E-state index contributed by atoms with van der Waals surface area (Å²) in [4.78, 5) is 0. The highest BCUT2D eigenvalue weighted by molar-refractivity contribution is 6.31. The number of benzene rings is 1. The first-order valence-corrected chi connectivity index (χ1v) is 6.73. The maximum Gasteiger partial charge on any atom is 0.127 e. The van der Waals surface area contributed by atoms with Crippen LogP contribution in [-0.4, -0.2) is 21.5 Å². The highest BCUT2D eigenvalue weighted by Crippen LogP contribution is 2.22. The van der Waals surface area contributed by atoms with Crippen molar-refractivity contribution in [2.45, 2.75) is 26.9 Å². The van der Waals surface area contributed by atoms with Crippen LogP contribution in [0.25, 0.3) is 0 Å². The van der Waals surface area contributed by atoms with Crippen LogP contribution in [-0.2, 0) is 13.1 Å². The summed E-state index contributed by atoms with van der Waals surface area (Å²) in [6.45, 7) is 4.79. The van der Waals surface area contributed by atoms with Crippen molar-refractivity contribution in [1.82, 2.24) is 9.78 Å². The molecule has 1 aromatic heterocycles. The SMILES string of the molecule is Cc1nn(CCO)c(NCc2ccc(F)cc2Cl)c1C. The van der Waals surface area contributed by atoms with Crippen LogP contribution >= 0.6 is 11.6 Å². The Bertz CT molecular complexity index is 613. The number of aliphatic hydroxyl groups is 1. The van der Waals surface area contributed by atoms with Gasteiger partial charge in [0.25, 0.3) is 0 Å². The van der Waals surface area contributed by atoms with Gasteiger partial charge in [0.15, 0.2) is 0 Å². The molecular formula is C14H17ClFN3O. The molecule has 0 aliphatic carbocycles. The average Bonchev–Trinajstić information content (AvgIpc) is 2.65. The maximum absolute atomic E-state index is 13.0. The molecule has 4 nitrogen and oxygen atoms in total. The van der Waals surface area contributed by atoms with Crippen LogP contribution in [0.3, 0.4) is 0 Å². The van der Waals surface area contributed by atoms with E-state index in [9.17, 15) is 4.39 Å². The number of nitrogens with one attached hydrogen (secondary N) is 1. The first kappa shape index (κ1) is 14.8. The van der Waals surface area contributed by atoms with Gasteiger partial charge < -0.3 is 10.4 Å². The number of hydrogen-bond donors (Lipinski definition) is 2. The average molecular weight is 298 g/mol. The van der Waals surface area contributed by atoms with Crippen molar-refractivity contribution in [3.8, 4) is 0 Å². The van der Waals surface area contributed by atoms with Gasteiger partial charge in [-0.1, -0.05) is 17.7 Å². The van der Waals surface area contributed by atoms with Crippen LogP contribution in [0.2, 0.25) is 5.02 Å². The van der Waals surface area contributed by atoms with Crippen molar-refractivity contribution in [2.24, 2.45) is 0 Å². The van der Waals surface area contributed by atoms with E-state index < -0.39 is 0 Å². The van der Waals surface area contributed by atoms with E-state index in [-0.39, 0.29) is 12.4 Å². The minimum Gasteiger partial charge on any atom is -0.394 e. The molecule has 0 saturated carbocycles. The van der Waals surface area contributed by atoms with E-state index >= 15 is 0 Å². The third-order valence-corrected chi connectivity index (χ3v) is 3.55. The van der Waals surface area contributed by atoms with Gasteiger partial charge >= 0.3 is 0 Å². The molecule has 108 valence electrons. The lowest BCUT2D eigenvalue weighted by Gasteiger charge is -2.11. The molecule has 2 rings (SSSR count). The zero-order valence-corrected chi connectivity index (χ0v) is 12.2. The molecule has 6 heteroatoms. The van der Waals surface area contributed by atoms with Crippen molar-refractivity contribution >= 4 is 17.4 Å². The highest BCUT2D eigenvalue weighted by atomic mass is 35.5.